The number of amides is 2. The van der Waals surface area contributed by atoms with E-state index >= 15 is 0 Å². The second-order valence-electron chi connectivity index (χ2n) is 5.66. The smallest absolute Gasteiger partial charge is 0.225 e. The highest BCUT2D eigenvalue weighted by Gasteiger charge is 2.16. The predicted molar refractivity (Wildman–Crippen MR) is 85.2 cm³/mol. The van der Waals surface area contributed by atoms with E-state index in [0.29, 0.717) is 31.8 Å². The van der Waals surface area contributed by atoms with Gasteiger partial charge in [-0.2, -0.15) is 0 Å². The van der Waals surface area contributed by atoms with Gasteiger partial charge in [0.15, 0.2) is 0 Å². The highest BCUT2D eigenvalue weighted by atomic mass is 32.1. The van der Waals surface area contributed by atoms with E-state index in [1.807, 2.05) is 17.5 Å². The molecular formula is C16H24N2O2S. The van der Waals surface area contributed by atoms with Gasteiger partial charge in [0.2, 0.25) is 11.8 Å². The van der Waals surface area contributed by atoms with Gasteiger partial charge in [0.25, 0.3) is 0 Å². The van der Waals surface area contributed by atoms with Crippen LogP contribution in [0.1, 0.15) is 43.4 Å². The van der Waals surface area contributed by atoms with Crippen LogP contribution in [-0.4, -0.2) is 24.9 Å². The Labute approximate surface area is 130 Å². The SMILES string of the molecule is O=C(Cc1cccs1)NCCNC(=O)CC1CCCCC1. The van der Waals surface area contributed by atoms with Crippen molar-refractivity contribution in [1.29, 1.82) is 0 Å². The Hall–Kier alpha value is -1.36. The van der Waals surface area contributed by atoms with Gasteiger partial charge in [-0.05, 0) is 30.2 Å². The summed E-state index contributed by atoms with van der Waals surface area (Å²) in [6.45, 7) is 1.02. The molecule has 1 heterocycles. The molecule has 1 aliphatic rings. The van der Waals surface area contributed by atoms with Crippen molar-refractivity contribution in [3.8, 4) is 0 Å². The van der Waals surface area contributed by atoms with Crippen LogP contribution in [0.4, 0.5) is 0 Å². The van der Waals surface area contributed by atoms with Crippen LogP contribution in [0.15, 0.2) is 17.5 Å². The van der Waals surface area contributed by atoms with Crippen molar-refractivity contribution in [2.24, 2.45) is 5.92 Å². The van der Waals surface area contributed by atoms with E-state index in [-0.39, 0.29) is 11.8 Å². The molecule has 2 amide bonds. The molecule has 116 valence electrons. The van der Waals surface area contributed by atoms with Crippen molar-refractivity contribution in [3.05, 3.63) is 22.4 Å². The number of carbonyl (C=O) groups excluding carboxylic acids is 2. The Morgan fingerprint density at radius 1 is 1.10 bits per heavy atom. The topological polar surface area (TPSA) is 58.2 Å². The first-order chi connectivity index (χ1) is 10.2. The predicted octanol–water partition coefficient (Wildman–Crippen LogP) is 2.49. The van der Waals surface area contributed by atoms with Gasteiger partial charge >= 0.3 is 0 Å². The Kier molecular flexibility index (Phi) is 6.73. The summed E-state index contributed by atoms with van der Waals surface area (Å²) in [5, 5.41) is 7.69. The summed E-state index contributed by atoms with van der Waals surface area (Å²) in [4.78, 5) is 24.5. The third kappa shape index (κ3) is 6.29. The number of hydrogen-bond acceptors (Lipinski definition) is 3. The fourth-order valence-corrected chi connectivity index (χ4v) is 3.47. The fourth-order valence-electron chi connectivity index (χ4n) is 2.76. The van der Waals surface area contributed by atoms with Crippen LogP contribution < -0.4 is 10.6 Å². The van der Waals surface area contributed by atoms with Gasteiger partial charge in [-0.15, -0.1) is 11.3 Å². The van der Waals surface area contributed by atoms with Crippen molar-refractivity contribution in [3.63, 3.8) is 0 Å². The van der Waals surface area contributed by atoms with Gasteiger partial charge in [-0.1, -0.05) is 25.3 Å². The van der Waals surface area contributed by atoms with Gasteiger partial charge in [-0.3, -0.25) is 9.59 Å². The highest BCUT2D eigenvalue weighted by molar-refractivity contribution is 7.10. The van der Waals surface area contributed by atoms with E-state index in [1.165, 1.54) is 32.1 Å². The Morgan fingerprint density at radius 2 is 1.81 bits per heavy atom. The first kappa shape index (κ1) is 16.0. The van der Waals surface area contributed by atoms with Crippen molar-refractivity contribution >= 4 is 23.2 Å². The van der Waals surface area contributed by atoms with Crippen LogP contribution in [-0.2, 0) is 16.0 Å². The lowest BCUT2D eigenvalue weighted by molar-refractivity contribution is -0.123. The average Bonchev–Trinajstić information content (AvgIpc) is 2.97. The van der Waals surface area contributed by atoms with Gasteiger partial charge < -0.3 is 10.6 Å². The summed E-state index contributed by atoms with van der Waals surface area (Å²) in [5.41, 5.74) is 0. The van der Waals surface area contributed by atoms with Crippen LogP contribution in [0.3, 0.4) is 0 Å². The van der Waals surface area contributed by atoms with E-state index in [1.54, 1.807) is 11.3 Å². The molecule has 1 fully saturated rings. The molecular weight excluding hydrogens is 284 g/mol. The number of carbonyl (C=O) groups is 2. The summed E-state index contributed by atoms with van der Waals surface area (Å²) in [6.07, 6.45) is 7.27. The largest absolute Gasteiger partial charge is 0.354 e. The molecule has 1 aliphatic carbocycles. The van der Waals surface area contributed by atoms with Crippen molar-refractivity contribution in [1.82, 2.24) is 10.6 Å². The van der Waals surface area contributed by atoms with Crippen LogP contribution in [0.2, 0.25) is 0 Å². The first-order valence-corrected chi connectivity index (χ1v) is 8.68. The zero-order chi connectivity index (χ0) is 14.9. The number of rotatable bonds is 7. The first-order valence-electron chi connectivity index (χ1n) is 7.80. The molecule has 21 heavy (non-hydrogen) atoms. The molecule has 4 nitrogen and oxygen atoms in total. The Bertz CT molecular complexity index is 439. The molecule has 0 bridgehead atoms. The summed E-state index contributed by atoms with van der Waals surface area (Å²) < 4.78 is 0. The van der Waals surface area contributed by atoms with Crippen LogP contribution in [0, 0.1) is 5.92 Å². The van der Waals surface area contributed by atoms with E-state index in [9.17, 15) is 9.59 Å². The molecule has 1 saturated carbocycles. The Balaban J connectivity index is 1.52. The van der Waals surface area contributed by atoms with Gasteiger partial charge in [0, 0.05) is 24.4 Å². The minimum absolute atomic E-state index is 0.0129. The highest BCUT2D eigenvalue weighted by Crippen LogP contribution is 2.25. The fraction of sp³-hybridized carbons (Fsp3) is 0.625. The number of nitrogens with one attached hydrogen (secondary N) is 2. The molecule has 5 heteroatoms. The summed E-state index contributed by atoms with van der Waals surface area (Å²) in [7, 11) is 0. The van der Waals surface area contributed by atoms with Crippen molar-refractivity contribution < 1.29 is 9.59 Å². The zero-order valence-electron chi connectivity index (χ0n) is 12.4. The summed E-state index contributed by atoms with van der Waals surface area (Å²) in [5.74, 6) is 0.695. The maximum Gasteiger partial charge on any atom is 0.225 e. The van der Waals surface area contributed by atoms with E-state index in [0.717, 1.165) is 4.88 Å². The molecule has 0 aliphatic heterocycles. The second-order valence-corrected chi connectivity index (χ2v) is 6.70. The second kappa shape index (κ2) is 8.82. The molecule has 0 saturated heterocycles. The monoisotopic (exact) mass is 308 g/mol. The normalized spacial score (nSPS) is 15.6. The zero-order valence-corrected chi connectivity index (χ0v) is 13.2. The van der Waals surface area contributed by atoms with Crippen molar-refractivity contribution in [2.45, 2.75) is 44.9 Å². The Morgan fingerprint density at radius 3 is 2.48 bits per heavy atom. The van der Waals surface area contributed by atoms with E-state index in [4.69, 9.17) is 0 Å². The van der Waals surface area contributed by atoms with Crippen LogP contribution in [0.5, 0.6) is 0 Å². The molecule has 2 rings (SSSR count). The third-order valence-electron chi connectivity index (χ3n) is 3.88. The van der Waals surface area contributed by atoms with Gasteiger partial charge in [0.1, 0.15) is 0 Å². The maximum absolute atomic E-state index is 11.8. The standard InChI is InChI=1S/C16H24N2O2S/c19-15(11-13-5-2-1-3-6-13)17-8-9-18-16(20)12-14-7-4-10-21-14/h4,7,10,13H,1-3,5-6,8-9,11-12H2,(H,17,19)(H,18,20). The molecule has 0 unspecified atom stereocenters. The molecule has 0 atom stereocenters. The van der Waals surface area contributed by atoms with Crippen LogP contribution in [0.25, 0.3) is 0 Å². The van der Waals surface area contributed by atoms with Crippen LogP contribution >= 0.6 is 11.3 Å². The lowest BCUT2D eigenvalue weighted by Gasteiger charge is -2.20. The quantitative estimate of drug-likeness (QED) is 0.760. The van der Waals surface area contributed by atoms with E-state index in [2.05, 4.69) is 10.6 Å². The van der Waals surface area contributed by atoms with Gasteiger partial charge in [-0.25, -0.2) is 0 Å². The summed E-state index contributed by atoms with van der Waals surface area (Å²) >= 11 is 1.58. The van der Waals surface area contributed by atoms with Crippen molar-refractivity contribution in [2.75, 3.05) is 13.1 Å². The number of thiophene rings is 1. The molecule has 0 radical (unpaired) electrons. The lowest BCUT2D eigenvalue weighted by atomic mass is 9.87. The van der Waals surface area contributed by atoms with Gasteiger partial charge in [0.05, 0.1) is 6.42 Å². The molecule has 2 N–H and O–H groups in total. The molecule has 0 spiro atoms. The molecule has 0 aromatic carbocycles. The molecule has 1 aromatic rings. The molecule has 1 aromatic heterocycles. The third-order valence-corrected chi connectivity index (χ3v) is 4.76. The number of hydrogen-bond donors (Lipinski definition) is 2. The maximum atomic E-state index is 11.8. The average molecular weight is 308 g/mol. The minimum atomic E-state index is 0.0129. The van der Waals surface area contributed by atoms with E-state index < -0.39 is 0 Å². The lowest BCUT2D eigenvalue weighted by Crippen LogP contribution is -2.35. The minimum Gasteiger partial charge on any atom is -0.354 e. The summed E-state index contributed by atoms with van der Waals surface area (Å²) in [6, 6.07) is 3.90.